The minimum atomic E-state index is -0.826. The zero-order valence-corrected chi connectivity index (χ0v) is 18.8. The second-order valence-corrected chi connectivity index (χ2v) is 7.92. The quantitative estimate of drug-likeness (QED) is 0.436. The molecule has 2 heterocycles. The Bertz CT molecular complexity index is 1480. The second-order valence-electron chi connectivity index (χ2n) is 7.92. The monoisotopic (exact) mass is 473 g/mol. The molecule has 9 nitrogen and oxygen atoms in total. The minimum absolute atomic E-state index is 0.139. The Morgan fingerprint density at radius 1 is 1.26 bits per heavy atom. The van der Waals surface area contributed by atoms with Gasteiger partial charge >= 0.3 is 0 Å². The van der Waals surface area contributed by atoms with Crippen LogP contribution in [0.3, 0.4) is 0 Å². The topological polar surface area (TPSA) is 134 Å². The number of nitriles is 1. The lowest BCUT2D eigenvalue weighted by Crippen LogP contribution is -2.29. The number of anilines is 1. The van der Waals surface area contributed by atoms with Crippen molar-refractivity contribution in [3.05, 3.63) is 105 Å². The fourth-order valence-electron chi connectivity index (χ4n) is 4.07. The van der Waals surface area contributed by atoms with Crippen molar-refractivity contribution in [1.82, 2.24) is 14.7 Å². The summed E-state index contributed by atoms with van der Waals surface area (Å²) in [6.45, 7) is 1.78. The van der Waals surface area contributed by atoms with Gasteiger partial charge in [0.05, 0.1) is 17.8 Å². The van der Waals surface area contributed by atoms with Crippen molar-refractivity contribution in [1.29, 1.82) is 5.26 Å². The number of aromatic hydroxyl groups is 1. The molecule has 2 atom stereocenters. The summed E-state index contributed by atoms with van der Waals surface area (Å²) in [5, 5.41) is 26.0. The molecular weight excluding hydrogens is 453 g/mol. The highest BCUT2D eigenvalue weighted by Gasteiger charge is 2.30. The van der Waals surface area contributed by atoms with Crippen molar-refractivity contribution in [3.63, 3.8) is 0 Å². The van der Waals surface area contributed by atoms with E-state index in [0.29, 0.717) is 5.56 Å². The van der Waals surface area contributed by atoms with Gasteiger partial charge in [0.1, 0.15) is 23.6 Å². The fraction of sp³-hybridized carbons (Fsp3) is 0.160. The van der Waals surface area contributed by atoms with Gasteiger partial charge in [-0.3, -0.25) is 14.2 Å². The van der Waals surface area contributed by atoms with Gasteiger partial charge in [0.2, 0.25) is 5.75 Å². The summed E-state index contributed by atoms with van der Waals surface area (Å²) in [4.78, 5) is 30.0. The number of benzene rings is 2. The van der Waals surface area contributed by atoms with Crippen molar-refractivity contribution in [3.8, 4) is 11.8 Å². The van der Waals surface area contributed by atoms with E-state index in [1.807, 2.05) is 36.4 Å². The molecule has 0 radical (unpaired) electrons. The normalized spacial score (nSPS) is 12.5. The van der Waals surface area contributed by atoms with Crippen molar-refractivity contribution in [2.24, 2.45) is 7.05 Å². The Morgan fingerprint density at radius 3 is 2.66 bits per heavy atom. The SMILES string of the molecule is C[C@@H](c1nc(C(=O)Nc2cnoc2)c(O)c(=O)n1C)[C@H](c1ccccc1)c1ccc(F)cc1C#N. The third-order valence-electron chi connectivity index (χ3n) is 5.74. The van der Waals surface area contributed by atoms with Crippen LogP contribution >= 0.6 is 0 Å². The van der Waals surface area contributed by atoms with E-state index in [-0.39, 0.29) is 17.1 Å². The number of hydrogen-bond donors (Lipinski definition) is 2. The number of nitrogens with one attached hydrogen (secondary N) is 1. The zero-order chi connectivity index (χ0) is 25.1. The molecule has 0 aliphatic heterocycles. The highest BCUT2D eigenvalue weighted by molar-refractivity contribution is 6.04. The van der Waals surface area contributed by atoms with Crippen molar-refractivity contribution in [2.75, 3.05) is 5.32 Å². The Morgan fingerprint density at radius 2 is 2.00 bits per heavy atom. The fourth-order valence-corrected chi connectivity index (χ4v) is 4.07. The lowest BCUT2D eigenvalue weighted by molar-refractivity contribution is 0.101. The molecule has 35 heavy (non-hydrogen) atoms. The Balaban J connectivity index is 1.87. The third kappa shape index (κ3) is 4.52. The molecule has 0 spiro atoms. The third-order valence-corrected chi connectivity index (χ3v) is 5.74. The molecule has 4 rings (SSSR count). The number of amides is 1. The minimum Gasteiger partial charge on any atom is -0.501 e. The maximum atomic E-state index is 13.9. The summed E-state index contributed by atoms with van der Waals surface area (Å²) < 4.78 is 19.7. The number of halogens is 1. The molecule has 0 bridgehead atoms. The average Bonchev–Trinajstić information content (AvgIpc) is 3.37. The maximum Gasteiger partial charge on any atom is 0.296 e. The van der Waals surface area contributed by atoms with Crippen LogP contribution < -0.4 is 10.9 Å². The van der Waals surface area contributed by atoms with E-state index in [0.717, 1.165) is 16.2 Å². The summed E-state index contributed by atoms with van der Waals surface area (Å²) in [6, 6.07) is 15.2. The van der Waals surface area contributed by atoms with Gasteiger partial charge in [-0.05, 0) is 23.3 Å². The lowest BCUT2D eigenvalue weighted by Gasteiger charge is -2.27. The Hall–Kier alpha value is -4.78. The van der Waals surface area contributed by atoms with E-state index >= 15 is 0 Å². The van der Waals surface area contributed by atoms with E-state index in [4.69, 9.17) is 0 Å². The smallest absolute Gasteiger partial charge is 0.296 e. The van der Waals surface area contributed by atoms with E-state index in [2.05, 4.69) is 20.0 Å². The maximum absolute atomic E-state index is 13.9. The van der Waals surface area contributed by atoms with E-state index < -0.39 is 40.6 Å². The first-order valence-electron chi connectivity index (χ1n) is 10.6. The van der Waals surface area contributed by atoms with Crippen LogP contribution in [0.2, 0.25) is 0 Å². The molecule has 176 valence electrons. The van der Waals surface area contributed by atoms with Crippen molar-refractivity contribution in [2.45, 2.75) is 18.8 Å². The highest BCUT2D eigenvalue weighted by atomic mass is 19.1. The predicted molar refractivity (Wildman–Crippen MR) is 123 cm³/mol. The van der Waals surface area contributed by atoms with Gasteiger partial charge in [0, 0.05) is 18.9 Å². The molecule has 0 saturated heterocycles. The van der Waals surface area contributed by atoms with Crippen LogP contribution in [-0.4, -0.2) is 25.7 Å². The van der Waals surface area contributed by atoms with Gasteiger partial charge in [0.25, 0.3) is 11.5 Å². The zero-order valence-electron chi connectivity index (χ0n) is 18.8. The molecule has 0 unspecified atom stereocenters. The number of hydrogen-bond acceptors (Lipinski definition) is 7. The van der Waals surface area contributed by atoms with Crippen LogP contribution in [0.5, 0.6) is 5.75 Å². The van der Waals surface area contributed by atoms with E-state index in [1.165, 1.54) is 31.6 Å². The van der Waals surface area contributed by atoms with Crippen molar-refractivity contribution >= 4 is 11.6 Å². The first-order valence-corrected chi connectivity index (χ1v) is 10.6. The molecule has 0 aliphatic rings. The summed E-state index contributed by atoms with van der Waals surface area (Å²) in [5.41, 5.74) is 0.399. The van der Waals surface area contributed by atoms with Crippen LogP contribution in [0.1, 0.15) is 51.8 Å². The molecule has 0 saturated carbocycles. The number of aromatic nitrogens is 3. The second kappa shape index (κ2) is 9.61. The van der Waals surface area contributed by atoms with Crippen LogP contribution in [0.25, 0.3) is 0 Å². The molecule has 2 N–H and O–H groups in total. The predicted octanol–water partition coefficient (Wildman–Crippen LogP) is 3.67. The molecule has 2 aromatic heterocycles. The molecule has 0 aliphatic carbocycles. The van der Waals surface area contributed by atoms with Gasteiger partial charge in [-0.1, -0.05) is 48.5 Å². The molecule has 10 heteroatoms. The molecule has 2 aromatic carbocycles. The number of nitrogens with zero attached hydrogens (tertiary/aromatic N) is 4. The number of carbonyl (C=O) groups is 1. The highest BCUT2D eigenvalue weighted by Crippen LogP contribution is 2.39. The molecule has 1 amide bonds. The van der Waals surface area contributed by atoms with Crippen LogP contribution in [0, 0.1) is 17.1 Å². The summed E-state index contributed by atoms with van der Waals surface area (Å²) >= 11 is 0. The molecule has 4 aromatic rings. The summed E-state index contributed by atoms with van der Waals surface area (Å²) in [6.07, 6.45) is 2.44. The van der Waals surface area contributed by atoms with Crippen LogP contribution in [0.15, 0.2) is 70.3 Å². The van der Waals surface area contributed by atoms with E-state index in [1.54, 1.807) is 6.92 Å². The largest absolute Gasteiger partial charge is 0.501 e. The molecular formula is C25H20FN5O4. The summed E-state index contributed by atoms with van der Waals surface area (Å²) in [5.74, 6) is -3.10. The Kier molecular flexibility index (Phi) is 6.42. The molecule has 0 fully saturated rings. The average molecular weight is 473 g/mol. The number of carbonyl (C=O) groups excluding carboxylic acids is 1. The number of rotatable bonds is 6. The van der Waals surface area contributed by atoms with Gasteiger partial charge in [0.15, 0.2) is 5.69 Å². The van der Waals surface area contributed by atoms with Gasteiger partial charge < -0.3 is 14.9 Å². The van der Waals surface area contributed by atoms with Crippen molar-refractivity contribution < 1.29 is 18.8 Å². The van der Waals surface area contributed by atoms with Gasteiger partial charge in [-0.15, -0.1) is 0 Å². The van der Waals surface area contributed by atoms with E-state index in [9.17, 15) is 24.3 Å². The summed E-state index contributed by atoms with van der Waals surface area (Å²) in [7, 11) is 1.43. The van der Waals surface area contributed by atoms with Gasteiger partial charge in [-0.25, -0.2) is 9.37 Å². The van der Waals surface area contributed by atoms with Gasteiger partial charge in [-0.2, -0.15) is 5.26 Å². The standard InChI is InChI=1S/C25H20FN5O4/c1-14(20(15-6-4-3-5-7-15)19-9-8-17(26)10-16(19)11-27)23-30-21(22(32)25(34)31(23)2)24(33)29-18-12-28-35-13-18/h3-10,12-14,20,32H,1-2H3,(H,29,33)/t14-,20-/m1/s1. The van der Waals surface area contributed by atoms with Crippen LogP contribution in [0.4, 0.5) is 10.1 Å². The Labute approximate surface area is 199 Å². The first-order chi connectivity index (χ1) is 16.8. The lowest BCUT2D eigenvalue weighted by atomic mass is 9.79. The first kappa shape index (κ1) is 23.4. The van der Waals surface area contributed by atoms with Crippen LogP contribution in [-0.2, 0) is 7.05 Å².